The SMILES string of the molecule is CC(=O)O[C@@H]1[C@@H](OC(C)=O)[C@H](OC(C)=O)CO[C@H]1Br. The van der Waals surface area contributed by atoms with Crippen LogP contribution in [0.5, 0.6) is 0 Å². The first-order valence-corrected chi connectivity index (χ1v) is 6.50. The van der Waals surface area contributed by atoms with Crippen molar-refractivity contribution in [2.24, 2.45) is 0 Å². The molecule has 1 saturated heterocycles. The maximum atomic E-state index is 11.1. The van der Waals surface area contributed by atoms with Crippen LogP contribution < -0.4 is 0 Å². The summed E-state index contributed by atoms with van der Waals surface area (Å²) in [6.07, 6.45) is -2.62. The van der Waals surface area contributed by atoms with Gasteiger partial charge < -0.3 is 18.9 Å². The lowest BCUT2D eigenvalue weighted by Gasteiger charge is -2.38. The van der Waals surface area contributed by atoms with E-state index in [0.29, 0.717) is 0 Å². The minimum atomic E-state index is -0.913. The summed E-state index contributed by atoms with van der Waals surface area (Å²) in [6.45, 7) is 3.70. The van der Waals surface area contributed by atoms with Gasteiger partial charge >= 0.3 is 17.9 Å². The summed E-state index contributed by atoms with van der Waals surface area (Å²) in [5.74, 6) is -1.67. The predicted octanol–water partition coefficient (Wildman–Crippen LogP) is 0.533. The van der Waals surface area contributed by atoms with Crippen molar-refractivity contribution < 1.29 is 33.3 Å². The molecule has 0 unspecified atom stereocenters. The van der Waals surface area contributed by atoms with Gasteiger partial charge in [0.25, 0.3) is 0 Å². The van der Waals surface area contributed by atoms with Crippen LogP contribution in [0.2, 0.25) is 0 Å². The van der Waals surface area contributed by atoms with E-state index in [9.17, 15) is 14.4 Å². The molecule has 0 radical (unpaired) electrons. The lowest BCUT2D eigenvalue weighted by atomic mass is 10.1. The third-order valence-corrected chi connectivity index (χ3v) is 3.08. The molecule has 1 aliphatic rings. The Labute approximate surface area is 118 Å². The molecule has 0 amide bonds. The lowest BCUT2D eigenvalue weighted by molar-refractivity contribution is -0.212. The number of rotatable bonds is 3. The van der Waals surface area contributed by atoms with E-state index in [4.69, 9.17) is 18.9 Å². The molecular formula is C11H15BrO7. The molecule has 0 aliphatic carbocycles. The molecule has 0 bridgehead atoms. The Hall–Kier alpha value is -1.15. The molecule has 1 fully saturated rings. The quantitative estimate of drug-likeness (QED) is 0.421. The number of hydrogen-bond acceptors (Lipinski definition) is 7. The number of alkyl halides is 1. The van der Waals surface area contributed by atoms with Crippen LogP contribution >= 0.6 is 15.9 Å². The fraction of sp³-hybridized carbons (Fsp3) is 0.727. The zero-order chi connectivity index (χ0) is 14.6. The van der Waals surface area contributed by atoms with Gasteiger partial charge in [0.1, 0.15) is 0 Å². The first-order valence-electron chi connectivity index (χ1n) is 5.58. The predicted molar refractivity (Wildman–Crippen MR) is 65.3 cm³/mol. The van der Waals surface area contributed by atoms with Gasteiger partial charge in [-0.25, -0.2) is 0 Å². The summed E-state index contributed by atoms with van der Waals surface area (Å²) < 4.78 is 20.4. The zero-order valence-electron chi connectivity index (χ0n) is 10.8. The minimum Gasteiger partial charge on any atom is -0.456 e. The van der Waals surface area contributed by atoms with Gasteiger partial charge in [-0.1, -0.05) is 15.9 Å². The van der Waals surface area contributed by atoms with Crippen molar-refractivity contribution in [3.63, 3.8) is 0 Å². The number of ether oxygens (including phenoxy) is 4. The molecule has 8 heteroatoms. The third kappa shape index (κ3) is 4.79. The average Bonchev–Trinajstić information content (AvgIpc) is 2.25. The van der Waals surface area contributed by atoms with Crippen molar-refractivity contribution in [1.82, 2.24) is 0 Å². The first-order chi connectivity index (χ1) is 8.81. The van der Waals surface area contributed by atoms with Gasteiger partial charge in [-0.3, -0.25) is 14.4 Å². The van der Waals surface area contributed by atoms with Gasteiger partial charge in [0.2, 0.25) is 0 Å². The van der Waals surface area contributed by atoms with Gasteiger partial charge in [0, 0.05) is 20.8 Å². The molecule has 1 aliphatic heterocycles. The summed E-state index contributed by atoms with van der Waals surface area (Å²) in [5, 5.41) is -0.646. The standard InChI is InChI=1S/C11H15BrO7/c1-5(13)17-8-4-16-11(12)10(19-7(3)15)9(8)18-6(2)14/h8-11H,4H2,1-3H3/t8-,9+,10-,11-/m1/s1. The average molecular weight is 339 g/mol. The second-order valence-electron chi connectivity index (χ2n) is 3.98. The molecule has 0 spiro atoms. The number of carbonyl (C=O) groups excluding carboxylic acids is 3. The summed E-state index contributed by atoms with van der Waals surface area (Å²) in [7, 11) is 0. The fourth-order valence-electron chi connectivity index (χ4n) is 1.70. The largest absolute Gasteiger partial charge is 0.456 e. The monoisotopic (exact) mass is 338 g/mol. The van der Waals surface area contributed by atoms with Crippen LogP contribution in [0.3, 0.4) is 0 Å². The Morgan fingerprint density at radius 1 is 0.947 bits per heavy atom. The van der Waals surface area contributed by atoms with Crippen molar-refractivity contribution in [2.45, 2.75) is 44.1 Å². The van der Waals surface area contributed by atoms with Crippen molar-refractivity contribution >= 4 is 33.8 Å². The van der Waals surface area contributed by atoms with E-state index in [0.717, 1.165) is 0 Å². The maximum Gasteiger partial charge on any atom is 0.303 e. The molecule has 1 heterocycles. The van der Waals surface area contributed by atoms with Crippen LogP contribution in [0.15, 0.2) is 0 Å². The molecule has 0 aromatic rings. The van der Waals surface area contributed by atoms with Crippen LogP contribution in [-0.4, -0.2) is 47.8 Å². The van der Waals surface area contributed by atoms with E-state index in [1.807, 2.05) is 0 Å². The van der Waals surface area contributed by atoms with Gasteiger partial charge in [-0.2, -0.15) is 0 Å². The molecule has 108 valence electrons. The van der Waals surface area contributed by atoms with E-state index < -0.39 is 41.2 Å². The van der Waals surface area contributed by atoms with Gasteiger partial charge in [-0.15, -0.1) is 0 Å². The fourth-order valence-corrected chi connectivity index (χ4v) is 2.26. The number of hydrogen-bond donors (Lipinski definition) is 0. The number of esters is 3. The van der Waals surface area contributed by atoms with Crippen LogP contribution in [0.25, 0.3) is 0 Å². The molecule has 0 aromatic carbocycles. The number of carbonyl (C=O) groups is 3. The van der Waals surface area contributed by atoms with E-state index in [2.05, 4.69) is 15.9 Å². The van der Waals surface area contributed by atoms with Crippen LogP contribution in [0.4, 0.5) is 0 Å². The van der Waals surface area contributed by atoms with Crippen molar-refractivity contribution in [2.75, 3.05) is 6.61 Å². The Balaban J connectivity index is 2.89. The molecule has 0 N–H and O–H groups in total. The summed E-state index contributed by atoms with van der Waals surface area (Å²) in [4.78, 5) is 33.2. The Kier molecular flexibility index (Phi) is 5.74. The number of halogens is 1. The summed E-state index contributed by atoms with van der Waals surface area (Å²) in [5.41, 5.74) is 0. The van der Waals surface area contributed by atoms with Crippen molar-refractivity contribution in [1.29, 1.82) is 0 Å². The van der Waals surface area contributed by atoms with Crippen LogP contribution in [0, 0.1) is 0 Å². The lowest BCUT2D eigenvalue weighted by Crippen LogP contribution is -2.55. The molecule has 0 saturated carbocycles. The van der Waals surface area contributed by atoms with Gasteiger partial charge in [0.05, 0.1) is 6.61 Å². The molecular weight excluding hydrogens is 324 g/mol. The van der Waals surface area contributed by atoms with E-state index in [1.165, 1.54) is 20.8 Å². The molecule has 19 heavy (non-hydrogen) atoms. The highest BCUT2D eigenvalue weighted by Crippen LogP contribution is 2.27. The van der Waals surface area contributed by atoms with E-state index in [1.54, 1.807) is 0 Å². The smallest absolute Gasteiger partial charge is 0.303 e. The highest BCUT2D eigenvalue weighted by Gasteiger charge is 2.45. The van der Waals surface area contributed by atoms with Gasteiger partial charge in [-0.05, 0) is 0 Å². The molecule has 4 atom stereocenters. The second kappa shape index (κ2) is 6.85. The highest BCUT2D eigenvalue weighted by molar-refractivity contribution is 9.09. The Morgan fingerprint density at radius 3 is 1.89 bits per heavy atom. The summed E-state index contributed by atoms with van der Waals surface area (Å²) >= 11 is 3.18. The molecule has 0 aromatic heterocycles. The topological polar surface area (TPSA) is 88.1 Å². The first kappa shape index (κ1) is 15.9. The molecule has 7 nitrogen and oxygen atoms in total. The minimum absolute atomic E-state index is 0.0329. The van der Waals surface area contributed by atoms with E-state index >= 15 is 0 Å². The summed E-state index contributed by atoms with van der Waals surface area (Å²) in [6, 6.07) is 0. The van der Waals surface area contributed by atoms with Gasteiger partial charge in [0.15, 0.2) is 23.3 Å². The normalized spacial score (nSPS) is 30.3. The van der Waals surface area contributed by atoms with Crippen molar-refractivity contribution in [3.8, 4) is 0 Å². The maximum absolute atomic E-state index is 11.1. The highest BCUT2D eigenvalue weighted by atomic mass is 79.9. The zero-order valence-corrected chi connectivity index (χ0v) is 12.3. The van der Waals surface area contributed by atoms with E-state index in [-0.39, 0.29) is 6.61 Å². The molecule has 1 rings (SSSR count). The van der Waals surface area contributed by atoms with Crippen LogP contribution in [0.1, 0.15) is 20.8 Å². The Morgan fingerprint density at radius 2 is 1.42 bits per heavy atom. The second-order valence-corrected chi connectivity index (χ2v) is 4.88. The van der Waals surface area contributed by atoms with Crippen LogP contribution in [-0.2, 0) is 33.3 Å². The Bertz CT molecular complexity index is 370. The third-order valence-electron chi connectivity index (χ3n) is 2.29. The van der Waals surface area contributed by atoms with Crippen molar-refractivity contribution in [3.05, 3.63) is 0 Å².